The summed E-state index contributed by atoms with van der Waals surface area (Å²) >= 11 is 1.70. The zero-order valence-corrected chi connectivity index (χ0v) is 8.26. The van der Waals surface area contributed by atoms with Crippen LogP contribution in [0.25, 0.3) is 0 Å². The Hall–Kier alpha value is -0.660. The van der Waals surface area contributed by atoms with E-state index in [0.717, 1.165) is 12.1 Å². The van der Waals surface area contributed by atoms with Crippen molar-refractivity contribution in [2.45, 2.75) is 6.18 Å². The summed E-state index contributed by atoms with van der Waals surface area (Å²) in [7, 11) is 0. The highest BCUT2D eigenvalue weighted by molar-refractivity contribution is 14.1. The Morgan fingerprint density at radius 1 is 1.23 bits per heavy atom. The number of nitroso groups, excluding NO2 is 1. The summed E-state index contributed by atoms with van der Waals surface area (Å²) in [6.45, 7) is 0. The van der Waals surface area contributed by atoms with Crippen molar-refractivity contribution in [2.75, 3.05) is 0 Å². The van der Waals surface area contributed by atoms with Crippen molar-refractivity contribution in [3.63, 3.8) is 0 Å². The fourth-order valence-corrected chi connectivity index (χ4v) is 1.45. The summed E-state index contributed by atoms with van der Waals surface area (Å²) in [5.74, 6) is 0. The van der Waals surface area contributed by atoms with E-state index in [0.29, 0.717) is 3.57 Å². The minimum Gasteiger partial charge on any atom is -0.166 e. The average Bonchev–Trinajstić information content (AvgIpc) is 2.01. The van der Waals surface area contributed by atoms with E-state index >= 15 is 0 Å². The largest absolute Gasteiger partial charge is 0.416 e. The highest BCUT2D eigenvalue weighted by Gasteiger charge is 2.31. The third kappa shape index (κ3) is 2.64. The van der Waals surface area contributed by atoms with Gasteiger partial charge >= 0.3 is 6.18 Å². The Kier molecular flexibility index (Phi) is 2.89. The van der Waals surface area contributed by atoms with Crippen LogP contribution in [0.3, 0.4) is 0 Å². The quantitative estimate of drug-likeness (QED) is 0.574. The zero-order valence-electron chi connectivity index (χ0n) is 6.10. The van der Waals surface area contributed by atoms with Crippen LogP contribution in [0.2, 0.25) is 0 Å². The van der Waals surface area contributed by atoms with Gasteiger partial charge in [0.15, 0.2) is 0 Å². The van der Waals surface area contributed by atoms with Gasteiger partial charge in [-0.1, -0.05) is 0 Å². The lowest BCUT2D eigenvalue weighted by molar-refractivity contribution is -0.137. The van der Waals surface area contributed by atoms with Crippen molar-refractivity contribution in [1.29, 1.82) is 0 Å². The monoisotopic (exact) mass is 301 g/mol. The van der Waals surface area contributed by atoms with Gasteiger partial charge < -0.3 is 0 Å². The van der Waals surface area contributed by atoms with Crippen LogP contribution in [-0.4, -0.2) is 0 Å². The Bertz CT molecular complexity index is 337. The zero-order chi connectivity index (χ0) is 10.1. The van der Waals surface area contributed by atoms with E-state index < -0.39 is 11.7 Å². The van der Waals surface area contributed by atoms with Crippen molar-refractivity contribution in [3.05, 3.63) is 32.2 Å². The third-order valence-corrected chi connectivity index (χ3v) is 1.94. The first-order valence-electron chi connectivity index (χ1n) is 3.14. The molecule has 70 valence electrons. The maximum absolute atomic E-state index is 12.1. The molecule has 0 aliphatic carbocycles. The lowest BCUT2D eigenvalue weighted by Crippen LogP contribution is -2.04. The van der Waals surface area contributed by atoms with Gasteiger partial charge in [-0.15, -0.1) is 4.91 Å². The summed E-state index contributed by atoms with van der Waals surface area (Å²) in [5.41, 5.74) is -1.06. The molecule has 0 N–H and O–H groups in total. The van der Waals surface area contributed by atoms with Crippen molar-refractivity contribution >= 4 is 28.3 Å². The van der Waals surface area contributed by atoms with E-state index in [1.807, 2.05) is 0 Å². The van der Waals surface area contributed by atoms with E-state index in [1.54, 1.807) is 22.6 Å². The van der Waals surface area contributed by atoms with Gasteiger partial charge in [0, 0.05) is 3.57 Å². The van der Waals surface area contributed by atoms with E-state index in [4.69, 9.17) is 0 Å². The minimum absolute atomic E-state index is 0.209. The number of hydrogen-bond donors (Lipinski definition) is 0. The van der Waals surface area contributed by atoms with Gasteiger partial charge in [-0.25, -0.2) is 0 Å². The average molecular weight is 301 g/mol. The predicted molar refractivity (Wildman–Crippen MR) is 49.6 cm³/mol. The lowest BCUT2D eigenvalue weighted by Gasteiger charge is -2.06. The van der Waals surface area contributed by atoms with Crippen LogP contribution < -0.4 is 0 Å². The number of hydrogen-bond acceptors (Lipinski definition) is 2. The van der Waals surface area contributed by atoms with E-state index in [1.165, 1.54) is 6.07 Å². The molecule has 13 heavy (non-hydrogen) atoms. The van der Waals surface area contributed by atoms with Crippen molar-refractivity contribution in [2.24, 2.45) is 5.18 Å². The lowest BCUT2D eigenvalue weighted by atomic mass is 10.2. The Labute approximate surface area is 85.2 Å². The molecule has 0 amide bonds. The van der Waals surface area contributed by atoms with Crippen molar-refractivity contribution < 1.29 is 13.2 Å². The molecule has 0 spiro atoms. The van der Waals surface area contributed by atoms with Crippen LogP contribution in [0.5, 0.6) is 0 Å². The van der Waals surface area contributed by atoms with Crippen LogP contribution in [0.1, 0.15) is 5.56 Å². The van der Waals surface area contributed by atoms with E-state index in [-0.39, 0.29) is 5.69 Å². The molecule has 0 radical (unpaired) electrons. The Balaban J connectivity index is 3.24. The first kappa shape index (κ1) is 10.4. The molecule has 0 aliphatic rings. The summed E-state index contributed by atoms with van der Waals surface area (Å²) < 4.78 is 36.7. The standard InChI is InChI=1S/C7H3F3INO/c8-7(9,10)4-1-5(11)3-6(2-4)12-13/h1-3H. The second-order valence-corrected chi connectivity index (χ2v) is 3.53. The van der Waals surface area contributed by atoms with Gasteiger partial charge in [0.05, 0.1) is 5.56 Å². The van der Waals surface area contributed by atoms with Crippen LogP contribution in [0, 0.1) is 8.48 Å². The van der Waals surface area contributed by atoms with Gasteiger partial charge in [-0.3, -0.25) is 0 Å². The normalized spacial score (nSPS) is 11.4. The predicted octanol–water partition coefficient (Wildman–Crippen LogP) is 3.71. The molecule has 6 heteroatoms. The summed E-state index contributed by atoms with van der Waals surface area (Å²) in [6, 6.07) is 2.95. The molecule has 1 aromatic carbocycles. The maximum atomic E-state index is 12.1. The molecule has 0 aromatic heterocycles. The number of nitrogens with zero attached hydrogens (tertiary/aromatic N) is 1. The van der Waals surface area contributed by atoms with Crippen molar-refractivity contribution in [1.82, 2.24) is 0 Å². The van der Waals surface area contributed by atoms with Gasteiger partial charge in [-0.2, -0.15) is 13.2 Å². The second kappa shape index (κ2) is 3.60. The fourth-order valence-electron chi connectivity index (χ4n) is 0.791. The number of benzene rings is 1. The summed E-state index contributed by atoms with van der Waals surface area (Å²) in [5, 5.41) is 2.45. The Morgan fingerprint density at radius 3 is 2.31 bits per heavy atom. The maximum Gasteiger partial charge on any atom is 0.416 e. The molecule has 0 saturated carbocycles. The number of rotatable bonds is 1. The minimum atomic E-state index is -4.43. The highest BCUT2D eigenvalue weighted by Crippen LogP contribution is 2.32. The molecule has 0 saturated heterocycles. The first-order valence-corrected chi connectivity index (χ1v) is 4.22. The third-order valence-electron chi connectivity index (χ3n) is 1.32. The molecule has 0 heterocycles. The molecule has 0 aliphatic heterocycles. The fraction of sp³-hybridized carbons (Fsp3) is 0.143. The molecule has 0 atom stereocenters. The molecular weight excluding hydrogens is 298 g/mol. The first-order chi connectivity index (χ1) is 5.93. The van der Waals surface area contributed by atoms with E-state index in [9.17, 15) is 18.1 Å². The molecule has 1 rings (SSSR count). The van der Waals surface area contributed by atoms with Gasteiger partial charge in [0.2, 0.25) is 0 Å². The van der Waals surface area contributed by atoms with Crippen molar-refractivity contribution in [3.8, 4) is 0 Å². The van der Waals surface area contributed by atoms with E-state index in [2.05, 4.69) is 5.18 Å². The number of alkyl halides is 3. The topological polar surface area (TPSA) is 29.4 Å². The van der Waals surface area contributed by atoms with Crippen LogP contribution >= 0.6 is 22.6 Å². The molecular formula is C7H3F3INO. The highest BCUT2D eigenvalue weighted by atomic mass is 127. The number of halogens is 4. The van der Waals surface area contributed by atoms with Crippen LogP contribution in [-0.2, 0) is 6.18 Å². The molecule has 0 unspecified atom stereocenters. The summed E-state index contributed by atoms with van der Waals surface area (Å²) in [6.07, 6.45) is -4.43. The molecule has 0 bridgehead atoms. The van der Waals surface area contributed by atoms with Crippen LogP contribution in [0.4, 0.5) is 18.9 Å². The van der Waals surface area contributed by atoms with Gasteiger partial charge in [-0.05, 0) is 46.0 Å². The second-order valence-electron chi connectivity index (χ2n) is 2.29. The SMILES string of the molecule is O=Nc1cc(I)cc(C(F)(F)F)c1. The molecule has 2 nitrogen and oxygen atoms in total. The summed E-state index contributed by atoms with van der Waals surface area (Å²) in [4.78, 5) is 10.0. The van der Waals surface area contributed by atoms with Crippen LogP contribution in [0.15, 0.2) is 23.4 Å². The van der Waals surface area contributed by atoms with Gasteiger partial charge in [0.1, 0.15) is 5.69 Å². The molecule has 1 aromatic rings. The van der Waals surface area contributed by atoms with Gasteiger partial charge in [0.25, 0.3) is 0 Å². The smallest absolute Gasteiger partial charge is 0.166 e. The Morgan fingerprint density at radius 2 is 1.85 bits per heavy atom. The molecule has 0 fully saturated rings.